The Morgan fingerprint density at radius 1 is 1.20 bits per heavy atom. The van der Waals surface area contributed by atoms with Gasteiger partial charge < -0.3 is 5.32 Å². The summed E-state index contributed by atoms with van der Waals surface area (Å²) in [6.07, 6.45) is 3.59. The maximum absolute atomic E-state index is 13.2. The number of likely N-dealkylation sites (N-methyl/N-ethyl adjacent to an activating group) is 1. The van der Waals surface area contributed by atoms with Crippen molar-refractivity contribution in [3.8, 4) is 0 Å². The summed E-state index contributed by atoms with van der Waals surface area (Å²) in [6, 6.07) is 11.3. The largest absolute Gasteiger partial charge is 0.314 e. The molecule has 0 aliphatic rings. The van der Waals surface area contributed by atoms with Crippen LogP contribution < -0.4 is 5.32 Å². The average molecular weight is 272 g/mol. The molecule has 0 saturated carbocycles. The number of hydrogen-bond acceptors (Lipinski definition) is 2. The highest BCUT2D eigenvalue weighted by Gasteiger charge is 2.12. The first kappa shape index (κ1) is 14.7. The number of pyridine rings is 1. The number of hydrogen-bond donors (Lipinski definition) is 1. The van der Waals surface area contributed by atoms with E-state index in [0.29, 0.717) is 6.04 Å². The van der Waals surface area contributed by atoms with Crippen molar-refractivity contribution < 1.29 is 4.39 Å². The molecule has 1 unspecified atom stereocenters. The van der Waals surface area contributed by atoms with E-state index in [4.69, 9.17) is 0 Å². The minimum Gasteiger partial charge on any atom is -0.314 e. The van der Waals surface area contributed by atoms with E-state index in [1.54, 1.807) is 6.07 Å². The molecule has 0 fully saturated rings. The van der Waals surface area contributed by atoms with Gasteiger partial charge in [-0.1, -0.05) is 19.1 Å². The lowest BCUT2D eigenvalue weighted by molar-refractivity contribution is 0.515. The fourth-order valence-electron chi connectivity index (χ4n) is 2.43. The minimum absolute atomic E-state index is 0.170. The SMILES string of the molecule is CCNC(Cc1ccccn1)Cc1ccc(F)cc1C. The summed E-state index contributed by atoms with van der Waals surface area (Å²) < 4.78 is 13.2. The molecule has 0 spiro atoms. The Labute approximate surface area is 120 Å². The Kier molecular flexibility index (Phi) is 5.24. The molecule has 1 atom stereocenters. The number of aryl methyl sites for hydroxylation is 1. The summed E-state index contributed by atoms with van der Waals surface area (Å²) in [5.41, 5.74) is 3.28. The molecule has 1 aromatic carbocycles. The Morgan fingerprint density at radius 2 is 2.05 bits per heavy atom. The summed E-state index contributed by atoms with van der Waals surface area (Å²) in [6.45, 7) is 4.98. The van der Waals surface area contributed by atoms with Crippen molar-refractivity contribution in [2.75, 3.05) is 6.54 Å². The molecule has 20 heavy (non-hydrogen) atoms. The van der Waals surface area contributed by atoms with Gasteiger partial charge in [0.25, 0.3) is 0 Å². The van der Waals surface area contributed by atoms with Crippen LogP contribution in [0.15, 0.2) is 42.6 Å². The molecule has 2 rings (SSSR count). The predicted molar refractivity (Wildman–Crippen MR) is 80.2 cm³/mol. The van der Waals surface area contributed by atoms with Crippen LogP contribution in [-0.4, -0.2) is 17.6 Å². The molecular formula is C17H21FN2. The van der Waals surface area contributed by atoms with E-state index in [1.165, 1.54) is 11.6 Å². The molecule has 0 amide bonds. The quantitative estimate of drug-likeness (QED) is 0.873. The van der Waals surface area contributed by atoms with Crippen molar-refractivity contribution in [3.63, 3.8) is 0 Å². The molecule has 106 valence electrons. The number of halogens is 1. The average Bonchev–Trinajstić information content (AvgIpc) is 2.43. The Balaban J connectivity index is 2.09. The van der Waals surface area contributed by atoms with E-state index in [0.717, 1.165) is 30.6 Å². The molecule has 0 saturated heterocycles. The molecule has 1 N–H and O–H groups in total. The lowest BCUT2D eigenvalue weighted by atomic mass is 9.98. The second-order valence-corrected chi connectivity index (χ2v) is 5.05. The van der Waals surface area contributed by atoms with E-state index in [9.17, 15) is 4.39 Å². The number of benzene rings is 1. The molecule has 0 aliphatic carbocycles. The standard InChI is InChI=1S/C17H21FN2/c1-3-19-17(12-16-6-4-5-9-20-16)11-14-7-8-15(18)10-13(14)2/h4-10,17,19H,3,11-12H2,1-2H3. The van der Waals surface area contributed by atoms with Gasteiger partial charge in [-0.2, -0.15) is 0 Å². The van der Waals surface area contributed by atoms with Gasteiger partial charge in [-0.3, -0.25) is 4.98 Å². The van der Waals surface area contributed by atoms with Crippen molar-refractivity contribution in [1.82, 2.24) is 10.3 Å². The first-order valence-corrected chi connectivity index (χ1v) is 7.07. The van der Waals surface area contributed by atoms with E-state index in [1.807, 2.05) is 37.4 Å². The van der Waals surface area contributed by atoms with Crippen LogP contribution in [0.2, 0.25) is 0 Å². The first-order chi connectivity index (χ1) is 9.69. The number of nitrogens with zero attached hydrogens (tertiary/aromatic N) is 1. The molecule has 3 heteroatoms. The topological polar surface area (TPSA) is 24.9 Å². The lowest BCUT2D eigenvalue weighted by Gasteiger charge is -2.19. The van der Waals surface area contributed by atoms with Crippen LogP contribution in [-0.2, 0) is 12.8 Å². The zero-order valence-corrected chi connectivity index (χ0v) is 12.1. The van der Waals surface area contributed by atoms with Gasteiger partial charge in [0.2, 0.25) is 0 Å². The van der Waals surface area contributed by atoms with Crippen LogP contribution in [0.1, 0.15) is 23.7 Å². The maximum Gasteiger partial charge on any atom is 0.123 e. The van der Waals surface area contributed by atoms with Crippen molar-refractivity contribution >= 4 is 0 Å². The van der Waals surface area contributed by atoms with Crippen LogP contribution in [0.4, 0.5) is 4.39 Å². The van der Waals surface area contributed by atoms with Gasteiger partial charge in [-0.25, -0.2) is 4.39 Å². The molecule has 1 aromatic heterocycles. The summed E-state index contributed by atoms with van der Waals surface area (Å²) in [5, 5.41) is 3.49. The third-order valence-corrected chi connectivity index (χ3v) is 3.45. The zero-order valence-electron chi connectivity index (χ0n) is 12.1. The highest BCUT2D eigenvalue weighted by molar-refractivity contribution is 5.27. The van der Waals surface area contributed by atoms with E-state index in [-0.39, 0.29) is 5.82 Å². The van der Waals surface area contributed by atoms with Gasteiger partial charge in [-0.05, 0) is 55.3 Å². The van der Waals surface area contributed by atoms with Crippen molar-refractivity contribution in [2.24, 2.45) is 0 Å². The summed E-state index contributed by atoms with van der Waals surface area (Å²) >= 11 is 0. The second-order valence-electron chi connectivity index (χ2n) is 5.05. The minimum atomic E-state index is -0.170. The monoisotopic (exact) mass is 272 g/mol. The van der Waals surface area contributed by atoms with E-state index in [2.05, 4.69) is 17.2 Å². The van der Waals surface area contributed by atoms with Crippen LogP contribution >= 0.6 is 0 Å². The highest BCUT2D eigenvalue weighted by atomic mass is 19.1. The Bertz CT molecular complexity index is 540. The van der Waals surface area contributed by atoms with E-state index >= 15 is 0 Å². The summed E-state index contributed by atoms with van der Waals surface area (Å²) in [5.74, 6) is -0.170. The maximum atomic E-state index is 13.2. The predicted octanol–water partition coefficient (Wildman–Crippen LogP) is 3.29. The molecular weight excluding hydrogens is 251 g/mol. The summed E-state index contributed by atoms with van der Waals surface area (Å²) in [4.78, 5) is 4.38. The molecule has 1 heterocycles. The lowest BCUT2D eigenvalue weighted by Crippen LogP contribution is -2.33. The third-order valence-electron chi connectivity index (χ3n) is 3.45. The van der Waals surface area contributed by atoms with Gasteiger partial charge >= 0.3 is 0 Å². The zero-order chi connectivity index (χ0) is 14.4. The molecule has 0 aliphatic heterocycles. The molecule has 0 radical (unpaired) electrons. The van der Waals surface area contributed by atoms with Gasteiger partial charge in [-0.15, -0.1) is 0 Å². The van der Waals surface area contributed by atoms with Crippen LogP contribution in [0.25, 0.3) is 0 Å². The van der Waals surface area contributed by atoms with Gasteiger partial charge in [0.05, 0.1) is 0 Å². The second kappa shape index (κ2) is 7.15. The van der Waals surface area contributed by atoms with Crippen molar-refractivity contribution in [1.29, 1.82) is 0 Å². The number of nitrogens with one attached hydrogen (secondary N) is 1. The summed E-state index contributed by atoms with van der Waals surface area (Å²) in [7, 11) is 0. The smallest absolute Gasteiger partial charge is 0.123 e. The first-order valence-electron chi connectivity index (χ1n) is 7.07. The Hall–Kier alpha value is -1.74. The van der Waals surface area contributed by atoms with Crippen LogP contribution in [0.5, 0.6) is 0 Å². The normalized spacial score (nSPS) is 12.3. The van der Waals surface area contributed by atoms with Crippen molar-refractivity contribution in [2.45, 2.75) is 32.7 Å². The molecule has 2 nitrogen and oxygen atoms in total. The highest BCUT2D eigenvalue weighted by Crippen LogP contribution is 2.14. The fraction of sp³-hybridized carbons (Fsp3) is 0.353. The van der Waals surface area contributed by atoms with Gasteiger partial charge in [0.15, 0.2) is 0 Å². The molecule has 0 bridgehead atoms. The van der Waals surface area contributed by atoms with Crippen LogP contribution in [0.3, 0.4) is 0 Å². The Morgan fingerprint density at radius 3 is 2.70 bits per heavy atom. The van der Waals surface area contributed by atoms with E-state index < -0.39 is 0 Å². The van der Waals surface area contributed by atoms with Gasteiger partial charge in [0, 0.05) is 24.4 Å². The van der Waals surface area contributed by atoms with Crippen molar-refractivity contribution in [3.05, 3.63) is 65.2 Å². The third kappa shape index (κ3) is 4.14. The number of aromatic nitrogens is 1. The van der Waals surface area contributed by atoms with Crippen LogP contribution in [0, 0.1) is 12.7 Å². The fourth-order valence-corrected chi connectivity index (χ4v) is 2.43. The van der Waals surface area contributed by atoms with Gasteiger partial charge in [0.1, 0.15) is 5.82 Å². The number of rotatable bonds is 6. The molecule has 2 aromatic rings.